The number of fused-ring (bicyclic) bond motifs is 3. The third-order valence-corrected chi connectivity index (χ3v) is 5.79. The van der Waals surface area contributed by atoms with Crippen LogP contribution in [0.5, 0.6) is 0 Å². The van der Waals surface area contributed by atoms with Crippen LogP contribution in [-0.2, 0) is 12.8 Å². The fourth-order valence-electron chi connectivity index (χ4n) is 4.77. The summed E-state index contributed by atoms with van der Waals surface area (Å²) in [5.41, 5.74) is 2.57. The lowest BCUT2D eigenvalue weighted by molar-refractivity contribution is -0.0524. The van der Waals surface area contributed by atoms with E-state index >= 15 is 0 Å². The summed E-state index contributed by atoms with van der Waals surface area (Å²) in [4.78, 5) is 0. The van der Waals surface area contributed by atoms with Gasteiger partial charge in [0, 0.05) is 0 Å². The molecule has 3 unspecified atom stereocenters. The molecule has 2 bridgehead atoms. The maximum absolute atomic E-state index is 11.4. The molecule has 0 amide bonds. The van der Waals surface area contributed by atoms with Gasteiger partial charge in [0.15, 0.2) is 0 Å². The van der Waals surface area contributed by atoms with Crippen molar-refractivity contribution in [2.24, 2.45) is 17.8 Å². The smallest absolute Gasteiger partial charge is 0.0712 e. The number of hydrogen-bond acceptors (Lipinski definition) is 1. The van der Waals surface area contributed by atoms with Crippen LogP contribution in [0, 0.1) is 17.8 Å². The highest BCUT2D eigenvalue weighted by atomic mass is 16.3. The van der Waals surface area contributed by atoms with Gasteiger partial charge in [0.2, 0.25) is 0 Å². The minimum atomic E-state index is -0.409. The van der Waals surface area contributed by atoms with Crippen LogP contribution in [0.15, 0.2) is 24.3 Å². The first-order valence-corrected chi connectivity index (χ1v) is 8.42. The molecule has 110 valence electrons. The summed E-state index contributed by atoms with van der Waals surface area (Å²) in [5, 5.41) is 11.4. The molecule has 1 aromatic rings. The second kappa shape index (κ2) is 5.52. The minimum Gasteiger partial charge on any atom is -0.389 e. The van der Waals surface area contributed by atoms with Gasteiger partial charge in [-0.15, -0.1) is 0 Å². The van der Waals surface area contributed by atoms with E-state index in [9.17, 15) is 5.11 Å². The molecule has 1 saturated carbocycles. The van der Waals surface area contributed by atoms with Crippen molar-refractivity contribution in [3.63, 3.8) is 0 Å². The molecule has 2 aliphatic rings. The second-order valence-corrected chi connectivity index (χ2v) is 7.24. The van der Waals surface area contributed by atoms with Gasteiger partial charge in [-0.05, 0) is 61.0 Å². The molecule has 3 atom stereocenters. The van der Waals surface area contributed by atoms with Crippen molar-refractivity contribution in [2.45, 2.75) is 64.4 Å². The van der Waals surface area contributed by atoms with Crippen molar-refractivity contribution < 1.29 is 5.11 Å². The molecule has 1 fully saturated rings. The molecule has 3 rings (SSSR count). The van der Waals surface area contributed by atoms with Gasteiger partial charge in [0.1, 0.15) is 0 Å². The lowest BCUT2D eigenvalue weighted by Gasteiger charge is -2.36. The lowest BCUT2D eigenvalue weighted by atomic mass is 9.75. The van der Waals surface area contributed by atoms with E-state index in [0.29, 0.717) is 17.8 Å². The SMILES string of the molecule is CCCC(C)CC1(O)C2CCC1Cc1ccccc1C2. The van der Waals surface area contributed by atoms with Crippen LogP contribution in [0.1, 0.15) is 57.1 Å². The highest BCUT2D eigenvalue weighted by molar-refractivity contribution is 5.31. The van der Waals surface area contributed by atoms with Crippen molar-refractivity contribution in [1.29, 1.82) is 0 Å². The Morgan fingerprint density at radius 2 is 1.70 bits per heavy atom. The highest BCUT2D eigenvalue weighted by Gasteiger charge is 2.50. The van der Waals surface area contributed by atoms with Gasteiger partial charge in [-0.2, -0.15) is 0 Å². The first-order valence-electron chi connectivity index (χ1n) is 8.42. The molecule has 1 heteroatoms. The van der Waals surface area contributed by atoms with Gasteiger partial charge in [-0.3, -0.25) is 0 Å². The van der Waals surface area contributed by atoms with E-state index in [1.54, 1.807) is 0 Å². The molecule has 0 aromatic heterocycles. The first kappa shape index (κ1) is 14.1. The quantitative estimate of drug-likeness (QED) is 0.863. The maximum atomic E-state index is 11.4. The van der Waals surface area contributed by atoms with Crippen LogP contribution < -0.4 is 0 Å². The average molecular weight is 272 g/mol. The van der Waals surface area contributed by atoms with Gasteiger partial charge < -0.3 is 5.11 Å². The summed E-state index contributed by atoms with van der Waals surface area (Å²) in [7, 11) is 0. The van der Waals surface area contributed by atoms with Crippen LogP contribution in [0.25, 0.3) is 0 Å². The Bertz CT molecular complexity index is 432. The highest BCUT2D eigenvalue weighted by Crippen LogP contribution is 2.50. The summed E-state index contributed by atoms with van der Waals surface area (Å²) in [6, 6.07) is 8.84. The van der Waals surface area contributed by atoms with Gasteiger partial charge in [0.25, 0.3) is 0 Å². The van der Waals surface area contributed by atoms with E-state index in [4.69, 9.17) is 0 Å². The van der Waals surface area contributed by atoms with Crippen LogP contribution in [0.2, 0.25) is 0 Å². The normalized spacial score (nSPS) is 33.5. The molecule has 20 heavy (non-hydrogen) atoms. The number of rotatable bonds is 4. The van der Waals surface area contributed by atoms with Crippen molar-refractivity contribution >= 4 is 0 Å². The average Bonchev–Trinajstić information content (AvgIpc) is 2.61. The first-order chi connectivity index (χ1) is 9.63. The zero-order chi connectivity index (χ0) is 14.2. The number of hydrogen-bond donors (Lipinski definition) is 1. The van der Waals surface area contributed by atoms with Crippen LogP contribution >= 0.6 is 0 Å². The largest absolute Gasteiger partial charge is 0.389 e. The summed E-state index contributed by atoms with van der Waals surface area (Å²) in [5.74, 6) is 1.61. The van der Waals surface area contributed by atoms with Crippen molar-refractivity contribution in [1.82, 2.24) is 0 Å². The van der Waals surface area contributed by atoms with Crippen LogP contribution in [0.3, 0.4) is 0 Å². The fraction of sp³-hybridized carbons (Fsp3) is 0.684. The Morgan fingerprint density at radius 3 is 2.20 bits per heavy atom. The Kier molecular flexibility index (Phi) is 3.90. The number of aliphatic hydroxyl groups is 1. The molecular weight excluding hydrogens is 244 g/mol. The third-order valence-electron chi connectivity index (χ3n) is 5.79. The second-order valence-electron chi connectivity index (χ2n) is 7.24. The zero-order valence-corrected chi connectivity index (χ0v) is 12.9. The van der Waals surface area contributed by atoms with Crippen molar-refractivity contribution in [3.05, 3.63) is 35.4 Å². The topological polar surface area (TPSA) is 20.2 Å². The Morgan fingerprint density at radius 1 is 1.15 bits per heavy atom. The molecule has 0 saturated heterocycles. The summed E-state index contributed by atoms with van der Waals surface area (Å²) in [6.45, 7) is 4.57. The van der Waals surface area contributed by atoms with E-state index in [-0.39, 0.29) is 0 Å². The molecule has 1 nitrogen and oxygen atoms in total. The number of benzene rings is 1. The monoisotopic (exact) mass is 272 g/mol. The molecule has 0 spiro atoms. The summed E-state index contributed by atoms with van der Waals surface area (Å²) >= 11 is 0. The lowest BCUT2D eigenvalue weighted by Crippen LogP contribution is -2.41. The maximum Gasteiger partial charge on any atom is 0.0712 e. The molecular formula is C19H28O. The summed E-state index contributed by atoms with van der Waals surface area (Å²) < 4.78 is 0. The Hall–Kier alpha value is -0.820. The molecule has 1 aromatic carbocycles. The molecule has 0 radical (unpaired) electrons. The summed E-state index contributed by atoms with van der Waals surface area (Å²) in [6.07, 6.45) is 8.08. The van der Waals surface area contributed by atoms with E-state index in [1.165, 1.54) is 36.8 Å². The molecule has 0 heterocycles. The predicted octanol–water partition coefficient (Wildman–Crippen LogP) is 4.37. The molecule has 1 N–H and O–H groups in total. The third kappa shape index (κ3) is 2.41. The van der Waals surface area contributed by atoms with Gasteiger partial charge in [0.05, 0.1) is 5.60 Å². The standard InChI is InChI=1S/C19H28O/c1-3-6-14(2)13-19(20)17-9-10-18(19)12-16-8-5-4-7-15(16)11-17/h4-5,7-8,14,17-18,20H,3,6,9-13H2,1-2H3. The van der Waals surface area contributed by atoms with E-state index in [0.717, 1.165) is 19.3 Å². The van der Waals surface area contributed by atoms with Crippen LogP contribution in [-0.4, -0.2) is 10.7 Å². The van der Waals surface area contributed by atoms with E-state index < -0.39 is 5.60 Å². The fourth-order valence-corrected chi connectivity index (χ4v) is 4.77. The van der Waals surface area contributed by atoms with E-state index in [2.05, 4.69) is 38.1 Å². The molecule has 0 aliphatic heterocycles. The zero-order valence-electron chi connectivity index (χ0n) is 12.9. The predicted molar refractivity (Wildman–Crippen MR) is 83.7 cm³/mol. The van der Waals surface area contributed by atoms with E-state index in [1.807, 2.05) is 0 Å². The van der Waals surface area contributed by atoms with Gasteiger partial charge in [-0.1, -0.05) is 51.0 Å². The van der Waals surface area contributed by atoms with Gasteiger partial charge >= 0.3 is 0 Å². The van der Waals surface area contributed by atoms with Crippen molar-refractivity contribution in [2.75, 3.05) is 0 Å². The Balaban J connectivity index is 1.84. The molecule has 2 aliphatic carbocycles. The Labute approximate surface area is 123 Å². The minimum absolute atomic E-state index is 0.409. The van der Waals surface area contributed by atoms with Gasteiger partial charge in [-0.25, -0.2) is 0 Å². The van der Waals surface area contributed by atoms with Crippen molar-refractivity contribution in [3.8, 4) is 0 Å². The van der Waals surface area contributed by atoms with Crippen LogP contribution in [0.4, 0.5) is 0 Å².